The lowest BCUT2D eigenvalue weighted by Gasteiger charge is -2.12. The number of hydrogen-bond donors (Lipinski definition) is 1. The third kappa shape index (κ3) is 2.67. The SMILES string of the molecule is Cc1ccccc1-c1cc2cccnc2n1NC(=O)c1ccn(C)n1. The summed E-state index contributed by atoms with van der Waals surface area (Å²) >= 11 is 0. The Labute approximate surface area is 144 Å². The molecular formula is C19H17N5O. The molecule has 3 aromatic heterocycles. The lowest BCUT2D eigenvalue weighted by molar-refractivity contribution is 0.100. The predicted octanol–water partition coefficient (Wildman–Crippen LogP) is 3.13. The average molecular weight is 331 g/mol. The van der Waals surface area contributed by atoms with Crippen molar-refractivity contribution in [2.24, 2.45) is 7.05 Å². The maximum Gasteiger partial charge on any atom is 0.290 e. The van der Waals surface area contributed by atoms with Crippen LogP contribution in [0, 0.1) is 6.92 Å². The highest BCUT2D eigenvalue weighted by molar-refractivity contribution is 6.00. The topological polar surface area (TPSA) is 64.7 Å². The number of nitrogens with zero attached hydrogens (tertiary/aromatic N) is 4. The average Bonchev–Trinajstić information content (AvgIpc) is 3.20. The van der Waals surface area contributed by atoms with Crippen LogP contribution in [0.2, 0.25) is 0 Å². The second-order valence-corrected chi connectivity index (χ2v) is 5.91. The minimum atomic E-state index is -0.279. The minimum Gasteiger partial charge on any atom is -0.275 e. The molecule has 6 nitrogen and oxygen atoms in total. The smallest absolute Gasteiger partial charge is 0.275 e. The van der Waals surface area contributed by atoms with Crippen LogP contribution in [0.4, 0.5) is 0 Å². The van der Waals surface area contributed by atoms with Crippen molar-refractivity contribution in [3.63, 3.8) is 0 Å². The summed E-state index contributed by atoms with van der Waals surface area (Å²) < 4.78 is 3.33. The third-order valence-electron chi connectivity index (χ3n) is 4.14. The molecule has 0 atom stereocenters. The van der Waals surface area contributed by atoms with E-state index in [1.807, 2.05) is 49.4 Å². The standard InChI is InChI=1S/C19H17N5O/c1-13-6-3-4-8-15(13)17-12-14-7-5-10-20-18(14)24(17)22-19(25)16-9-11-23(2)21-16/h3-12H,1-2H3,(H,22,25). The first-order valence-corrected chi connectivity index (χ1v) is 7.97. The molecule has 0 radical (unpaired) electrons. The number of aryl methyl sites for hydroxylation is 2. The molecule has 0 aliphatic rings. The van der Waals surface area contributed by atoms with Gasteiger partial charge >= 0.3 is 0 Å². The Morgan fingerprint density at radius 1 is 1.12 bits per heavy atom. The van der Waals surface area contributed by atoms with Crippen molar-refractivity contribution in [1.82, 2.24) is 19.4 Å². The van der Waals surface area contributed by atoms with Gasteiger partial charge in [-0.05, 0) is 36.8 Å². The van der Waals surface area contributed by atoms with Gasteiger partial charge in [-0.1, -0.05) is 24.3 Å². The van der Waals surface area contributed by atoms with Gasteiger partial charge in [-0.15, -0.1) is 0 Å². The number of hydrogen-bond acceptors (Lipinski definition) is 3. The van der Waals surface area contributed by atoms with Crippen molar-refractivity contribution >= 4 is 16.9 Å². The molecule has 0 aliphatic heterocycles. The zero-order valence-corrected chi connectivity index (χ0v) is 14.0. The highest BCUT2D eigenvalue weighted by atomic mass is 16.2. The zero-order valence-electron chi connectivity index (χ0n) is 14.0. The van der Waals surface area contributed by atoms with Gasteiger partial charge in [0, 0.05) is 30.4 Å². The van der Waals surface area contributed by atoms with E-state index in [0.717, 1.165) is 22.2 Å². The summed E-state index contributed by atoms with van der Waals surface area (Å²) in [7, 11) is 1.78. The molecule has 0 saturated carbocycles. The second kappa shape index (κ2) is 5.90. The van der Waals surface area contributed by atoms with E-state index in [4.69, 9.17) is 0 Å². The normalized spacial score (nSPS) is 11.0. The molecule has 0 unspecified atom stereocenters. The van der Waals surface area contributed by atoms with Crippen molar-refractivity contribution in [2.75, 3.05) is 5.43 Å². The Hall–Kier alpha value is -3.41. The van der Waals surface area contributed by atoms with Gasteiger partial charge in [0.15, 0.2) is 11.3 Å². The maximum absolute atomic E-state index is 12.6. The highest BCUT2D eigenvalue weighted by Gasteiger charge is 2.17. The first kappa shape index (κ1) is 15.1. The molecule has 0 bridgehead atoms. The fourth-order valence-corrected chi connectivity index (χ4v) is 2.90. The van der Waals surface area contributed by atoms with Gasteiger partial charge in [-0.2, -0.15) is 5.10 Å². The first-order valence-electron chi connectivity index (χ1n) is 7.97. The van der Waals surface area contributed by atoms with E-state index in [2.05, 4.69) is 15.5 Å². The zero-order chi connectivity index (χ0) is 17.4. The summed E-state index contributed by atoms with van der Waals surface area (Å²) in [5.41, 5.74) is 7.04. The molecule has 124 valence electrons. The van der Waals surface area contributed by atoms with Crippen LogP contribution >= 0.6 is 0 Å². The number of nitrogens with one attached hydrogen (secondary N) is 1. The summed E-state index contributed by atoms with van der Waals surface area (Å²) in [5.74, 6) is -0.279. The van der Waals surface area contributed by atoms with E-state index in [9.17, 15) is 4.79 Å². The predicted molar refractivity (Wildman–Crippen MR) is 96.8 cm³/mol. The summed E-state index contributed by atoms with van der Waals surface area (Å²) in [4.78, 5) is 17.0. The number of carbonyl (C=O) groups excluding carboxylic acids is 1. The third-order valence-corrected chi connectivity index (χ3v) is 4.14. The summed E-state index contributed by atoms with van der Waals surface area (Å²) in [6, 6.07) is 15.6. The van der Waals surface area contributed by atoms with Crippen molar-refractivity contribution < 1.29 is 4.79 Å². The quantitative estimate of drug-likeness (QED) is 0.627. The molecule has 1 aromatic carbocycles. The Bertz CT molecular complexity index is 1080. The Morgan fingerprint density at radius 2 is 1.96 bits per heavy atom. The van der Waals surface area contributed by atoms with Crippen LogP contribution in [0.25, 0.3) is 22.3 Å². The fraction of sp³-hybridized carbons (Fsp3) is 0.105. The second-order valence-electron chi connectivity index (χ2n) is 5.91. The van der Waals surface area contributed by atoms with Crippen molar-refractivity contribution in [2.45, 2.75) is 6.92 Å². The molecule has 1 amide bonds. The number of amides is 1. The Morgan fingerprint density at radius 3 is 2.72 bits per heavy atom. The summed E-state index contributed by atoms with van der Waals surface area (Å²) in [5, 5.41) is 5.12. The van der Waals surface area contributed by atoms with Gasteiger partial charge in [-0.3, -0.25) is 14.9 Å². The molecule has 6 heteroatoms. The van der Waals surface area contributed by atoms with Crippen molar-refractivity contribution in [3.8, 4) is 11.3 Å². The van der Waals surface area contributed by atoms with Gasteiger partial charge in [-0.25, -0.2) is 9.66 Å². The van der Waals surface area contributed by atoms with Gasteiger partial charge in [0.25, 0.3) is 5.91 Å². The van der Waals surface area contributed by atoms with E-state index in [1.165, 1.54) is 0 Å². The van der Waals surface area contributed by atoms with Gasteiger partial charge < -0.3 is 0 Å². The first-order chi connectivity index (χ1) is 12.1. The molecule has 3 heterocycles. The summed E-state index contributed by atoms with van der Waals surface area (Å²) in [6.45, 7) is 2.05. The Kier molecular flexibility index (Phi) is 3.57. The van der Waals surface area contributed by atoms with Crippen LogP contribution in [0.3, 0.4) is 0 Å². The van der Waals surface area contributed by atoms with E-state index in [1.54, 1.807) is 34.9 Å². The van der Waals surface area contributed by atoms with Crippen LogP contribution in [0.15, 0.2) is 60.9 Å². The van der Waals surface area contributed by atoms with Crippen LogP contribution in [0.5, 0.6) is 0 Å². The van der Waals surface area contributed by atoms with Gasteiger partial charge in [0.1, 0.15) is 0 Å². The number of aromatic nitrogens is 4. The molecule has 0 fully saturated rings. The summed E-state index contributed by atoms with van der Waals surface area (Å²) in [6.07, 6.45) is 3.45. The van der Waals surface area contributed by atoms with E-state index in [0.29, 0.717) is 11.3 Å². The molecule has 4 aromatic rings. The van der Waals surface area contributed by atoms with Gasteiger partial charge in [0.05, 0.1) is 5.69 Å². The van der Waals surface area contributed by atoms with E-state index >= 15 is 0 Å². The van der Waals surface area contributed by atoms with Crippen LogP contribution in [-0.2, 0) is 7.05 Å². The highest BCUT2D eigenvalue weighted by Crippen LogP contribution is 2.28. The molecular weight excluding hydrogens is 314 g/mol. The van der Waals surface area contributed by atoms with Crippen LogP contribution in [-0.4, -0.2) is 25.3 Å². The van der Waals surface area contributed by atoms with Crippen LogP contribution in [0.1, 0.15) is 16.1 Å². The number of carbonyl (C=O) groups is 1. The number of fused-ring (bicyclic) bond motifs is 1. The lowest BCUT2D eigenvalue weighted by Crippen LogP contribution is -2.24. The number of benzene rings is 1. The van der Waals surface area contributed by atoms with Crippen molar-refractivity contribution in [3.05, 3.63) is 72.2 Å². The lowest BCUT2D eigenvalue weighted by atomic mass is 10.1. The van der Waals surface area contributed by atoms with Gasteiger partial charge in [0.2, 0.25) is 0 Å². The fourth-order valence-electron chi connectivity index (χ4n) is 2.90. The molecule has 4 rings (SSSR count). The molecule has 1 N–H and O–H groups in total. The molecule has 0 aliphatic carbocycles. The minimum absolute atomic E-state index is 0.279. The monoisotopic (exact) mass is 331 g/mol. The molecule has 25 heavy (non-hydrogen) atoms. The molecule has 0 saturated heterocycles. The number of rotatable bonds is 3. The van der Waals surface area contributed by atoms with E-state index in [-0.39, 0.29) is 5.91 Å². The Balaban J connectivity index is 1.85. The molecule has 0 spiro atoms. The van der Waals surface area contributed by atoms with Crippen molar-refractivity contribution in [1.29, 1.82) is 0 Å². The number of pyridine rings is 1. The van der Waals surface area contributed by atoms with E-state index < -0.39 is 0 Å². The maximum atomic E-state index is 12.6. The largest absolute Gasteiger partial charge is 0.290 e. The van der Waals surface area contributed by atoms with Crippen LogP contribution < -0.4 is 5.43 Å².